The van der Waals surface area contributed by atoms with Crippen molar-refractivity contribution < 1.29 is 9.53 Å². The van der Waals surface area contributed by atoms with Crippen molar-refractivity contribution in [3.8, 4) is 0 Å². The largest absolute Gasteiger partial charge is 0.462 e. The Morgan fingerprint density at radius 2 is 2.50 bits per heavy atom. The number of ether oxygens (including phenoxy) is 1. The molecule has 0 aromatic rings. The van der Waals surface area contributed by atoms with Gasteiger partial charge in [-0.3, -0.25) is 4.99 Å². The third kappa shape index (κ3) is 3.33. The van der Waals surface area contributed by atoms with Gasteiger partial charge in [-0.05, 0) is 6.92 Å². The van der Waals surface area contributed by atoms with Gasteiger partial charge in [-0.2, -0.15) is 0 Å². The summed E-state index contributed by atoms with van der Waals surface area (Å²) in [5, 5.41) is 0. The van der Waals surface area contributed by atoms with Crippen LogP contribution in [0.2, 0.25) is 0 Å². The van der Waals surface area contributed by atoms with Crippen molar-refractivity contribution in [2.75, 3.05) is 13.7 Å². The van der Waals surface area contributed by atoms with Crippen molar-refractivity contribution >= 4 is 12.2 Å². The zero-order valence-corrected chi connectivity index (χ0v) is 5.05. The summed E-state index contributed by atoms with van der Waals surface area (Å²) in [7, 11) is 1.52. The van der Waals surface area contributed by atoms with Crippen molar-refractivity contribution in [1.82, 2.24) is 0 Å². The van der Waals surface area contributed by atoms with Gasteiger partial charge in [0.15, 0.2) is 0 Å². The third-order valence-electron chi connectivity index (χ3n) is 0.521. The van der Waals surface area contributed by atoms with Crippen LogP contribution in [0.3, 0.4) is 0 Å². The molecule has 3 nitrogen and oxygen atoms in total. The van der Waals surface area contributed by atoms with Gasteiger partial charge < -0.3 is 4.74 Å². The summed E-state index contributed by atoms with van der Waals surface area (Å²) < 4.78 is 4.49. The van der Waals surface area contributed by atoms with Crippen molar-refractivity contribution in [3.05, 3.63) is 0 Å². The second kappa shape index (κ2) is 4.30. The molecule has 0 N–H and O–H groups in total. The van der Waals surface area contributed by atoms with Gasteiger partial charge in [0, 0.05) is 7.05 Å². The molecule has 0 aromatic heterocycles. The lowest BCUT2D eigenvalue weighted by Gasteiger charge is -1.91. The van der Waals surface area contributed by atoms with Crippen molar-refractivity contribution in [2.45, 2.75) is 6.92 Å². The van der Waals surface area contributed by atoms with E-state index in [1.54, 1.807) is 6.92 Å². The van der Waals surface area contributed by atoms with Crippen LogP contribution in [0.1, 0.15) is 6.92 Å². The predicted octanol–water partition coefficient (Wildman–Crippen LogP) is 0.250. The first-order valence-corrected chi connectivity index (χ1v) is 2.40. The molecule has 0 unspecified atom stereocenters. The number of hydrogen-bond donors (Lipinski definition) is 0. The van der Waals surface area contributed by atoms with Gasteiger partial charge in [-0.1, -0.05) is 0 Å². The second-order valence-corrected chi connectivity index (χ2v) is 1.14. The molecule has 3 heteroatoms. The molecule has 0 atom stereocenters. The molecule has 0 rings (SSSR count). The summed E-state index contributed by atoms with van der Waals surface area (Å²) in [6.07, 6.45) is 1.14. The fraction of sp³-hybridized carbons (Fsp3) is 0.600. The lowest BCUT2D eigenvalue weighted by atomic mass is 10.7. The van der Waals surface area contributed by atoms with E-state index in [1.165, 1.54) is 7.05 Å². The summed E-state index contributed by atoms with van der Waals surface area (Å²) in [6, 6.07) is 0. The smallest absolute Gasteiger partial charge is 0.348 e. The number of hydrogen-bond acceptors (Lipinski definition) is 3. The van der Waals surface area contributed by atoms with Crippen LogP contribution >= 0.6 is 0 Å². The average Bonchev–Trinajstić information content (AvgIpc) is 1.68. The maximum Gasteiger partial charge on any atom is 0.348 e. The van der Waals surface area contributed by atoms with Gasteiger partial charge in [0.25, 0.3) is 0 Å². The Kier molecular flexibility index (Phi) is 3.84. The molecular weight excluding hydrogens is 106 g/mol. The molecule has 0 bridgehead atoms. The highest BCUT2D eigenvalue weighted by molar-refractivity contribution is 6.23. The average molecular weight is 115 g/mol. The molecule has 0 spiro atoms. The minimum atomic E-state index is -0.380. The zero-order valence-electron chi connectivity index (χ0n) is 5.05. The van der Waals surface area contributed by atoms with Crippen LogP contribution in [0.15, 0.2) is 4.99 Å². The van der Waals surface area contributed by atoms with Crippen LogP contribution < -0.4 is 0 Å². The summed E-state index contributed by atoms with van der Waals surface area (Å²) >= 11 is 0. The number of nitrogens with zero attached hydrogens (tertiary/aromatic N) is 1. The number of esters is 1. The van der Waals surface area contributed by atoms with E-state index in [0.29, 0.717) is 6.61 Å². The van der Waals surface area contributed by atoms with Crippen LogP contribution in [0.5, 0.6) is 0 Å². The molecule has 0 radical (unpaired) electrons. The highest BCUT2D eigenvalue weighted by Crippen LogP contribution is 1.70. The van der Waals surface area contributed by atoms with E-state index < -0.39 is 0 Å². The monoisotopic (exact) mass is 115 g/mol. The first-order chi connectivity index (χ1) is 3.81. The Morgan fingerprint density at radius 3 is 2.88 bits per heavy atom. The van der Waals surface area contributed by atoms with Crippen LogP contribution in [0.4, 0.5) is 0 Å². The maximum absolute atomic E-state index is 10.3. The summed E-state index contributed by atoms with van der Waals surface area (Å²) in [4.78, 5) is 13.7. The highest BCUT2D eigenvalue weighted by Gasteiger charge is 1.90. The maximum atomic E-state index is 10.3. The van der Waals surface area contributed by atoms with Gasteiger partial charge in [-0.25, -0.2) is 4.79 Å². The fourth-order valence-electron chi connectivity index (χ4n) is 0.285. The van der Waals surface area contributed by atoms with E-state index in [2.05, 4.69) is 9.73 Å². The minimum absolute atomic E-state index is 0.380. The molecule has 0 saturated carbocycles. The minimum Gasteiger partial charge on any atom is -0.462 e. The SMILES string of the molecule is CCOC(=O)C=NC. The molecule has 0 amide bonds. The molecule has 8 heavy (non-hydrogen) atoms. The van der Waals surface area contributed by atoms with E-state index in [1.807, 2.05) is 0 Å². The second-order valence-electron chi connectivity index (χ2n) is 1.14. The first kappa shape index (κ1) is 7.14. The Bertz CT molecular complexity index is 98.6. The van der Waals surface area contributed by atoms with Gasteiger partial charge in [0.2, 0.25) is 0 Å². The van der Waals surface area contributed by atoms with Crippen molar-refractivity contribution in [1.29, 1.82) is 0 Å². The Balaban J connectivity index is 3.33. The molecule has 0 aliphatic heterocycles. The van der Waals surface area contributed by atoms with Gasteiger partial charge in [0.05, 0.1) is 6.61 Å². The molecule has 0 saturated heterocycles. The molecule has 0 heterocycles. The van der Waals surface area contributed by atoms with Crippen molar-refractivity contribution in [2.24, 2.45) is 4.99 Å². The van der Waals surface area contributed by atoms with Crippen LogP contribution in [0, 0.1) is 0 Å². The number of rotatable bonds is 2. The zero-order chi connectivity index (χ0) is 6.41. The third-order valence-corrected chi connectivity index (χ3v) is 0.521. The molecule has 0 aliphatic rings. The quantitative estimate of drug-likeness (QED) is 0.382. The molecule has 0 aromatic carbocycles. The number of aliphatic imine (C=N–C) groups is 1. The molecular formula is C5H9NO2. The highest BCUT2D eigenvalue weighted by atomic mass is 16.5. The number of carbonyl (C=O) groups is 1. The standard InChI is InChI=1S/C5H9NO2/c1-3-8-5(7)4-6-2/h4H,3H2,1-2H3. The van der Waals surface area contributed by atoms with Crippen molar-refractivity contribution in [3.63, 3.8) is 0 Å². The fourth-order valence-corrected chi connectivity index (χ4v) is 0.285. The first-order valence-electron chi connectivity index (χ1n) is 2.40. The van der Waals surface area contributed by atoms with E-state index in [-0.39, 0.29) is 5.97 Å². The lowest BCUT2D eigenvalue weighted by Crippen LogP contribution is -2.03. The molecule has 0 fully saturated rings. The van der Waals surface area contributed by atoms with E-state index in [0.717, 1.165) is 6.21 Å². The van der Waals surface area contributed by atoms with Gasteiger partial charge in [0.1, 0.15) is 6.21 Å². The topological polar surface area (TPSA) is 38.7 Å². The van der Waals surface area contributed by atoms with Gasteiger partial charge in [-0.15, -0.1) is 0 Å². The summed E-state index contributed by atoms with van der Waals surface area (Å²) in [5.74, 6) is -0.380. The van der Waals surface area contributed by atoms with E-state index in [9.17, 15) is 4.79 Å². The molecule has 0 aliphatic carbocycles. The Hall–Kier alpha value is -0.860. The van der Waals surface area contributed by atoms with Gasteiger partial charge >= 0.3 is 5.97 Å². The van der Waals surface area contributed by atoms with Crippen LogP contribution in [-0.2, 0) is 9.53 Å². The normalized spacial score (nSPS) is 9.75. The predicted molar refractivity (Wildman–Crippen MR) is 31.0 cm³/mol. The summed E-state index contributed by atoms with van der Waals surface area (Å²) in [5.41, 5.74) is 0. The van der Waals surface area contributed by atoms with Crippen LogP contribution in [-0.4, -0.2) is 25.8 Å². The Morgan fingerprint density at radius 1 is 1.88 bits per heavy atom. The molecule has 46 valence electrons. The van der Waals surface area contributed by atoms with E-state index in [4.69, 9.17) is 0 Å². The van der Waals surface area contributed by atoms with E-state index >= 15 is 0 Å². The summed E-state index contributed by atoms with van der Waals surface area (Å²) in [6.45, 7) is 2.16. The Labute approximate surface area is 48.4 Å². The lowest BCUT2D eigenvalue weighted by molar-refractivity contribution is -0.134. The number of carbonyl (C=O) groups excluding carboxylic acids is 1. The van der Waals surface area contributed by atoms with Crippen LogP contribution in [0.25, 0.3) is 0 Å².